The van der Waals surface area contributed by atoms with Crippen molar-refractivity contribution in [3.63, 3.8) is 0 Å². The van der Waals surface area contributed by atoms with Crippen LogP contribution in [0.5, 0.6) is 0 Å². The maximum absolute atomic E-state index is 11.8. The second-order valence-electron chi connectivity index (χ2n) is 7.50. The molecular weight excluding hydrogens is 256 g/mol. The molecule has 0 heterocycles. The number of aliphatic carboxylic acids is 1. The van der Waals surface area contributed by atoms with Crippen LogP contribution in [0.25, 0.3) is 0 Å². The number of urea groups is 1. The van der Waals surface area contributed by atoms with Crippen molar-refractivity contribution in [2.45, 2.75) is 47.0 Å². The predicted octanol–water partition coefficient (Wildman–Crippen LogP) is 2.22. The number of amides is 2. The van der Waals surface area contributed by atoms with Crippen molar-refractivity contribution >= 4 is 12.0 Å². The third-order valence-electron chi connectivity index (χ3n) is 6.14. The minimum absolute atomic E-state index is 0.228. The van der Waals surface area contributed by atoms with Gasteiger partial charge >= 0.3 is 12.0 Å². The van der Waals surface area contributed by atoms with Gasteiger partial charge < -0.3 is 15.7 Å². The van der Waals surface area contributed by atoms with E-state index in [1.807, 2.05) is 0 Å². The Kier molecular flexibility index (Phi) is 3.51. The molecule has 0 radical (unpaired) electrons. The van der Waals surface area contributed by atoms with Gasteiger partial charge in [0.2, 0.25) is 0 Å². The van der Waals surface area contributed by atoms with E-state index < -0.39 is 11.4 Å². The fraction of sp³-hybridized carbons (Fsp3) is 0.867. The molecule has 0 unspecified atom stereocenters. The molecule has 2 aliphatic rings. The molecule has 2 amide bonds. The number of carbonyl (C=O) groups excluding carboxylic acids is 1. The van der Waals surface area contributed by atoms with E-state index >= 15 is 0 Å². The van der Waals surface area contributed by atoms with Crippen molar-refractivity contribution in [2.24, 2.45) is 22.2 Å². The number of carboxylic acid groups (broad SMARTS) is 1. The standard InChI is InChI=1S/C15H26N2O3/c1-13(2)10(14(13,3)4)8-16-12(20)17-9-15(11(18)19)6-5-7-15/h10H,5-9H2,1-4H3,(H,18,19)(H2,16,17,20). The Morgan fingerprint density at radius 2 is 1.65 bits per heavy atom. The molecule has 0 aliphatic heterocycles. The molecule has 20 heavy (non-hydrogen) atoms. The highest BCUT2D eigenvalue weighted by Crippen LogP contribution is 2.67. The van der Waals surface area contributed by atoms with Crippen LogP contribution >= 0.6 is 0 Å². The van der Waals surface area contributed by atoms with Gasteiger partial charge in [-0.3, -0.25) is 4.79 Å². The molecule has 0 saturated heterocycles. The average molecular weight is 282 g/mol. The summed E-state index contributed by atoms with van der Waals surface area (Å²) in [6.07, 6.45) is 2.25. The Labute approximate surface area is 120 Å². The van der Waals surface area contributed by atoms with Gasteiger partial charge in [-0.25, -0.2) is 4.79 Å². The Bertz CT molecular complexity index is 411. The second kappa shape index (κ2) is 4.64. The predicted molar refractivity (Wildman–Crippen MR) is 76.4 cm³/mol. The molecule has 5 heteroatoms. The summed E-state index contributed by atoms with van der Waals surface area (Å²) in [6, 6.07) is -0.254. The van der Waals surface area contributed by atoms with Crippen LogP contribution in [0.3, 0.4) is 0 Å². The Hall–Kier alpha value is -1.26. The number of hydrogen-bond acceptors (Lipinski definition) is 2. The number of nitrogens with one attached hydrogen (secondary N) is 2. The van der Waals surface area contributed by atoms with Crippen LogP contribution in [0.1, 0.15) is 47.0 Å². The summed E-state index contributed by atoms with van der Waals surface area (Å²) in [4.78, 5) is 23.0. The van der Waals surface area contributed by atoms with Gasteiger partial charge in [-0.2, -0.15) is 0 Å². The fourth-order valence-electron chi connectivity index (χ4n) is 3.42. The highest BCUT2D eigenvalue weighted by molar-refractivity contribution is 5.78. The molecule has 0 aromatic carbocycles. The number of hydrogen-bond donors (Lipinski definition) is 3. The zero-order valence-corrected chi connectivity index (χ0v) is 12.9. The molecule has 0 aromatic heterocycles. The first-order chi connectivity index (χ1) is 9.13. The van der Waals surface area contributed by atoms with Crippen molar-refractivity contribution in [1.82, 2.24) is 10.6 Å². The Balaban J connectivity index is 1.73. The minimum atomic E-state index is -0.798. The lowest BCUT2D eigenvalue weighted by atomic mass is 9.69. The van der Waals surface area contributed by atoms with Crippen molar-refractivity contribution in [1.29, 1.82) is 0 Å². The molecular formula is C15H26N2O3. The van der Waals surface area contributed by atoms with E-state index in [-0.39, 0.29) is 23.4 Å². The zero-order valence-electron chi connectivity index (χ0n) is 12.9. The van der Waals surface area contributed by atoms with E-state index in [4.69, 9.17) is 0 Å². The second-order valence-corrected chi connectivity index (χ2v) is 7.50. The van der Waals surface area contributed by atoms with E-state index in [1.165, 1.54) is 0 Å². The molecule has 2 saturated carbocycles. The molecule has 3 N–H and O–H groups in total. The van der Waals surface area contributed by atoms with Gasteiger partial charge in [-0.15, -0.1) is 0 Å². The van der Waals surface area contributed by atoms with Crippen LogP contribution in [0, 0.1) is 22.2 Å². The first kappa shape index (κ1) is 15.1. The maximum Gasteiger partial charge on any atom is 0.314 e. The number of rotatable bonds is 5. The average Bonchev–Trinajstić information content (AvgIpc) is 2.64. The molecule has 2 rings (SSSR count). The topological polar surface area (TPSA) is 78.4 Å². The van der Waals surface area contributed by atoms with Gasteiger partial charge in [-0.1, -0.05) is 34.1 Å². The summed E-state index contributed by atoms with van der Waals surface area (Å²) in [5.74, 6) is -0.327. The van der Waals surface area contributed by atoms with Crippen molar-refractivity contribution in [3.8, 4) is 0 Å². The zero-order chi connectivity index (χ0) is 15.2. The molecule has 2 fully saturated rings. The van der Waals surface area contributed by atoms with Gasteiger partial charge in [0.1, 0.15) is 0 Å². The normalized spacial score (nSPS) is 25.4. The van der Waals surface area contributed by atoms with Gasteiger partial charge in [0.25, 0.3) is 0 Å². The molecule has 2 aliphatic carbocycles. The van der Waals surface area contributed by atoms with Crippen LogP contribution in [-0.2, 0) is 4.79 Å². The highest BCUT2D eigenvalue weighted by Gasteiger charge is 2.64. The van der Waals surface area contributed by atoms with Crippen LogP contribution in [0.15, 0.2) is 0 Å². The lowest BCUT2D eigenvalue weighted by Gasteiger charge is -2.37. The van der Waals surface area contributed by atoms with Crippen LogP contribution in [-0.4, -0.2) is 30.2 Å². The molecule has 114 valence electrons. The molecule has 0 bridgehead atoms. The third kappa shape index (κ3) is 2.27. The summed E-state index contributed by atoms with van der Waals surface area (Å²) >= 11 is 0. The van der Waals surface area contributed by atoms with Crippen LogP contribution in [0.4, 0.5) is 4.79 Å². The van der Waals surface area contributed by atoms with E-state index in [2.05, 4.69) is 38.3 Å². The monoisotopic (exact) mass is 282 g/mol. The molecule has 0 aromatic rings. The van der Waals surface area contributed by atoms with Gasteiger partial charge in [-0.05, 0) is 29.6 Å². The quantitative estimate of drug-likeness (QED) is 0.723. The largest absolute Gasteiger partial charge is 0.481 e. The first-order valence-corrected chi connectivity index (χ1v) is 7.39. The van der Waals surface area contributed by atoms with Gasteiger partial charge in [0.15, 0.2) is 0 Å². The van der Waals surface area contributed by atoms with Crippen molar-refractivity contribution < 1.29 is 14.7 Å². The molecule has 0 atom stereocenters. The number of carbonyl (C=O) groups is 2. The minimum Gasteiger partial charge on any atom is -0.481 e. The SMILES string of the molecule is CC1(C)C(CNC(=O)NCC2(C(=O)O)CCC2)C1(C)C. The smallest absolute Gasteiger partial charge is 0.314 e. The fourth-order valence-corrected chi connectivity index (χ4v) is 3.42. The Morgan fingerprint density at radius 1 is 1.10 bits per heavy atom. The number of carboxylic acids is 1. The third-order valence-corrected chi connectivity index (χ3v) is 6.14. The summed E-state index contributed by atoms with van der Waals surface area (Å²) in [6.45, 7) is 9.73. The Morgan fingerprint density at radius 3 is 2.00 bits per heavy atom. The summed E-state index contributed by atoms with van der Waals surface area (Å²) < 4.78 is 0. The summed E-state index contributed by atoms with van der Waals surface area (Å²) in [5, 5.41) is 14.8. The van der Waals surface area contributed by atoms with E-state index in [0.717, 1.165) is 6.42 Å². The van der Waals surface area contributed by atoms with Gasteiger partial charge in [0.05, 0.1) is 5.41 Å². The highest BCUT2D eigenvalue weighted by atomic mass is 16.4. The van der Waals surface area contributed by atoms with Crippen LogP contribution in [0.2, 0.25) is 0 Å². The van der Waals surface area contributed by atoms with Crippen molar-refractivity contribution in [2.75, 3.05) is 13.1 Å². The summed E-state index contributed by atoms with van der Waals surface area (Å²) in [7, 11) is 0. The molecule has 0 spiro atoms. The van der Waals surface area contributed by atoms with E-state index in [9.17, 15) is 14.7 Å². The molecule has 5 nitrogen and oxygen atoms in total. The van der Waals surface area contributed by atoms with Crippen molar-refractivity contribution in [3.05, 3.63) is 0 Å². The van der Waals surface area contributed by atoms with E-state index in [1.54, 1.807) is 0 Å². The lowest BCUT2D eigenvalue weighted by molar-refractivity contribution is -0.153. The summed E-state index contributed by atoms with van der Waals surface area (Å²) in [5.41, 5.74) is -0.234. The van der Waals surface area contributed by atoms with Gasteiger partial charge in [0, 0.05) is 13.1 Å². The first-order valence-electron chi connectivity index (χ1n) is 7.39. The lowest BCUT2D eigenvalue weighted by Crippen LogP contribution is -2.50. The maximum atomic E-state index is 11.8. The van der Waals surface area contributed by atoms with E-state index in [0.29, 0.717) is 25.3 Å². The van der Waals surface area contributed by atoms with Crippen LogP contribution < -0.4 is 10.6 Å².